The summed E-state index contributed by atoms with van der Waals surface area (Å²) >= 11 is 0. The lowest BCUT2D eigenvalue weighted by Crippen LogP contribution is -2.24. The number of nitrogens with two attached hydrogens (primary N) is 1. The van der Waals surface area contributed by atoms with Crippen molar-refractivity contribution in [1.29, 1.82) is 0 Å². The number of aromatic amines is 1. The standard InChI is InChI=1S/C18H22N6O4S.CH4/c1-10-4-2-3-5-13(10)16-23-15-17(20-9-21-18(15)24-16)22-12-6-11(14(25)7-12)8-28-29(19,26)27;/h2-5,9,11-12,14,25H,6-8H2,1H3,(H2,19,26,27)(H2,20,21,22,23,24);1H4/t11-,12+,14-;/m0./s1. The molecule has 0 saturated heterocycles. The topological polar surface area (TPSA) is 156 Å². The minimum Gasteiger partial charge on any atom is -0.393 e. The summed E-state index contributed by atoms with van der Waals surface area (Å²) in [5, 5.41) is 18.4. The van der Waals surface area contributed by atoms with E-state index in [2.05, 4.69) is 29.4 Å². The molecule has 0 aliphatic heterocycles. The number of benzene rings is 1. The summed E-state index contributed by atoms with van der Waals surface area (Å²) in [5.41, 5.74) is 3.27. The minimum absolute atomic E-state index is 0. The monoisotopic (exact) mass is 434 g/mol. The zero-order valence-electron chi connectivity index (χ0n) is 15.7. The number of fused-ring (bicyclic) bond motifs is 1. The molecule has 1 fully saturated rings. The Morgan fingerprint density at radius 1 is 1.30 bits per heavy atom. The lowest BCUT2D eigenvalue weighted by Gasteiger charge is -2.13. The maximum Gasteiger partial charge on any atom is 0.333 e. The number of aliphatic hydroxyl groups excluding tert-OH is 1. The van der Waals surface area contributed by atoms with E-state index < -0.39 is 16.4 Å². The molecule has 3 atom stereocenters. The van der Waals surface area contributed by atoms with Crippen LogP contribution >= 0.6 is 0 Å². The first-order valence-electron chi connectivity index (χ1n) is 9.18. The van der Waals surface area contributed by atoms with E-state index in [1.165, 1.54) is 6.33 Å². The van der Waals surface area contributed by atoms with Crippen molar-refractivity contribution >= 4 is 27.3 Å². The summed E-state index contributed by atoms with van der Waals surface area (Å²) in [6, 6.07) is 7.80. The van der Waals surface area contributed by atoms with Crippen LogP contribution in [-0.4, -0.2) is 52.2 Å². The highest BCUT2D eigenvalue weighted by Gasteiger charge is 2.34. The molecular formula is C19H26N6O4S. The second-order valence-corrected chi connectivity index (χ2v) is 8.46. The minimum atomic E-state index is -4.03. The summed E-state index contributed by atoms with van der Waals surface area (Å²) in [4.78, 5) is 16.4. The van der Waals surface area contributed by atoms with Crippen LogP contribution in [0.5, 0.6) is 0 Å². The highest BCUT2D eigenvalue weighted by Crippen LogP contribution is 2.31. The van der Waals surface area contributed by atoms with Gasteiger partial charge in [0, 0.05) is 17.5 Å². The Bertz CT molecular complexity index is 1130. The van der Waals surface area contributed by atoms with Crippen LogP contribution in [0.4, 0.5) is 5.82 Å². The van der Waals surface area contributed by atoms with E-state index >= 15 is 0 Å². The zero-order valence-corrected chi connectivity index (χ0v) is 16.6. The third-order valence-corrected chi connectivity index (χ3v) is 5.60. The van der Waals surface area contributed by atoms with E-state index in [9.17, 15) is 13.5 Å². The number of aromatic nitrogens is 4. The largest absolute Gasteiger partial charge is 0.393 e. The fourth-order valence-electron chi connectivity index (χ4n) is 3.68. The van der Waals surface area contributed by atoms with Crippen LogP contribution in [0.15, 0.2) is 30.6 Å². The normalized spacial score (nSPS) is 21.5. The van der Waals surface area contributed by atoms with E-state index in [0.29, 0.717) is 35.6 Å². The number of hydrogen-bond acceptors (Lipinski definition) is 8. The summed E-state index contributed by atoms with van der Waals surface area (Å²) in [7, 11) is -4.03. The zero-order chi connectivity index (χ0) is 20.6. The van der Waals surface area contributed by atoms with Crippen molar-refractivity contribution in [2.45, 2.75) is 39.3 Å². The van der Waals surface area contributed by atoms with Gasteiger partial charge in [-0.25, -0.2) is 20.1 Å². The highest BCUT2D eigenvalue weighted by atomic mass is 32.2. The van der Waals surface area contributed by atoms with Crippen LogP contribution in [0.3, 0.4) is 0 Å². The average Bonchev–Trinajstić information content (AvgIpc) is 3.24. The van der Waals surface area contributed by atoms with Gasteiger partial charge >= 0.3 is 10.3 Å². The first-order valence-corrected chi connectivity index (χ1v) is 10.7. The van der Waals surface area contributed by atoms with Crippen molar-refractivity contribution in [2.75, 3.05) is 11.9 Å². The lowest BCUT2D eigenvalue weighted by atomic mass is 10.1. The van der Waals surface area contributed by atoms with Gasteiger partial charge in [0.05, 0.1) is 12.7 Å². The fraction of sp³-hybridized carbons (Fsp3) is 0.421. The second-order valence-electron chi connectivity index (χ2n) is 7.24. The molecule has 1 aliphatic carbocycles. The maximum absolute atomic E-state index is 11.0. The Morgan fingerprint density at radius 2 is 2.07 bits per heavy atom. The molecule has 0 bridgehead atoms. The summed E-state index contributed by atoms with van der Waals surface area (Å²) in [6.07, 6.45) is 1.68. The van der Waals surface area contributed by atoms with Crippen molar-refractivity contribution in [2.24, 2.45) is 11.1 Å². The number of nitrogens with zero attached hydrogens (tertiary/aromatic N) is 3. The van der Waals surface area contributed by atoms with Gasteiger partial charge in [0.15, 0.2) is 11.5 Å². The van der Waals surface area contributed by atoms with Crippen LogP contribution in [0.1, 0.15) is 25.8 Å². The molecule has 1 aromatic carbocycles. The Kier molecular flexibility index (Phi) is 6.36. The number of hydrogen-bond donors (Lipinski definition) is 4. The Labute approximate surface area is 175 Å². The van der Waals surface area contributed by atoms with E-state index in [4.69, 9.17) is 5.14 Å². The average molecular weight is 435 g/mol. The lowest BCUT2D eigenvalue weighted by molar-refractivity contribution is 0.101. The number of rotatable bonds is 6. The molecule has 2 heterocycles. The van der Waals surface area contributed by atoms with E-state index in [-0.39, 0.29) is 26.0 Å². The molecule has 0 unspecified atom stereocenters. The number of anilines is 1. The quantitative estimate of drug-likeness (QED) is 0.457. The van der Waals surface area contributed by atoms with E-state index in [1.807, 2.05) is 31.2 Å². The van der Waals surface area contributed by atoms with E-state index in [0.717, 1.165) is 11.1 Å². The summed E-state index contributed by atoms with van der Waals surface area (Å²) in [5.74, 6) is 0.938. The van der Waals surface area contributed by atoms with Gasteiger partial charge in [-0.15, -0.1) is 0 Å². The summed E-state index contributed by atoms with van der Waals surface area (Å²) < 4.78 is 26.6. The van der Waals surface area contributed by atoms with Crippen molar-refractivity contribution in [3.63, 3.8) is 0 Å². The van der Waals surface area contributed by atoms with Crippen LogP contribution < -0.4 is 10.5 Å². The predicted molar refractivity (Wildman–Crippen MR) is 114 cm³/mol. The third-order valence-electron chi connectivity index (χ3n) is 5.13. The Balaban J connectivity index is 0.00000256. The predicted octanol–water partition coefficient (Wildman–Crippen LogP) is 1.74. The Hall–Kier alpha value is -2.60. The number of nitrogens with one attached hydrogen (secondary N) is 2. The van der Waals surface area contributed by atoms with Gasteiger partial charge in [-0.05, 0) is 25.3 Å². The molecule has 162 valence electrons. The number of imidazole rings is 1. The van der Waals surface area contributed by atoms with E-state index in [1.54, 1.807) is 0 Å². The smallest absolute Gasteiger partial charge is 0.333 e. The first-order chi connectivity index (χ1) is 13.8. The van der Waals surface area contributed by atoms with Crippen LogP contribution in [0.25, 0.3) is 22.6 Å². The maximum atomic E-state index is 11.0. The van der Waals surface area contributed by atoms with Gasteiger partial charge in [0.2, 0.25) is 0 Å². The van der Waals surface area contributed by atoms with Crippen molar-refractivity contribution < 1.29 is 17.7 Å². The first kappa shape index (κ1) is 22.1. The molecule has 11 heteroatoms. The number of aryl methyl sites for hydroxylation is 1. The fourth-order valence-corrected chi connectivity index (χ4v) is 4.04. The van der Waals surface area contributed by atoms with Gasteiger partial charge < -0.3 is 15.4 Å². The van der Waals surface area contributed by atoms with Gasteiger partial charge in [-0.1, -0.05) is 31.7 Å². The molecule has 0 radical (unpaired) electrons. The van der Waals surface area contributed by atoms with Gasteiger partial charge in [-0.2, -0.15) is 8.42 Å². The van der Waals surface area contributed by atoms with Crippen molar-refractivity contribution in [1.82, 2.24) is 19.9 Å². The molecule has 0 spiro atoms. The SMILES string of the molecule is C.Cc1ccccc1-c1nc2ncnc(N[C@@H]3C[C@@H](COS(N)(=O)=O)[C@@H](O)C3)c2[nH]1. The highest BCUT2D eigenvalue weighted by molar-refractivity contribution is 7.84. The molecule has 1 saturated carbocycles. The second kappa shape index (κ2) is 8.64. The number of H-pyrrole nitrogens is 1. The van der Waals surface area contributed by atoms with Crippen molar-refractivity contribution in [3.05, 3.63) is 36.2 Å². The van der Waals surface area contributed by atoms with Crippen LogP contribution in [0.2, 0.25) is 0 Å². The summed E-state index contributed by atoms with van der Waals surface area (Å²) in [6.45, 7) is 1.86. The molecular weight excluding hydrogens is 408 g/mol. The number of aliphatic hydroxyl groups is 1. The molecule has 2 aromatic heterocycles. The molecule has 30 heavy (non-hydrogen) atoms. The third kappa shape index (κ3) is 4.75. The molecule has 10 nitrogen and oxygen atoms in total. The van der Waals surface area contributed by atoms with Crippen molar-refractivity contribution in [3.8, 4) is 11.4 Å². The van der Waals surface area contributed by atoms with Gasteiger partial charge in [0.25, 0.3) is 0 Å². The molecule has 3 aromatic rings. The van der Waals surface area contributed by atoms with Crippen LogP contribution in [-0.2, 0) is 14.5 Å². The van der Waals surface area contributed by atoms with Gasteiger partial charge in [-0.3, -0.25) is 4.18 Å². The Morgan fingerprint density at radius 3 is 2.80 bits per heavy atom. The molecule has 0 amide bonds. The molecule has 4 rings (SSSR count). The van der Waals surface area contributed by atoms with Crippen LogP contribution in [0, 0.1) is 12.8 Å². The molecule has 1 aliphatic rings. The van der Waals surface area contributed by atoms with Gasteiger partial charge in [0.1, 0.15) is 17.7 Å². The molecule has 5 N–H and O–H groups in total.